The maximum atomic E-state index is 10.5. The second-order valence-electron chi connectivity index (χ2n) is 9.13. The highest BCUT2D eigenvalue weighted by molar-refractivity contribution is 8.03. The lowest BCUT2D eigenvalue weighted by Crippen LogP contribution is -2.41. The van der Waals surface area contributed by atoms with Gasteiger partial charge in [0.2, 0.25) is 11.3 Å². The van der Waals surface area contributed by atoms with Gasteiger partial charge in [0, 0.05) is 27.1 Å². The van der Waals surface area contributed by atoms with Crippen LogP contribution in [0.15, 0.2) is 87.3 Å². The Hall–Kier alpha value is -2.73. The number of anilines is 1. The van der Waals surface area contributed by atoms with Gasteiger partial charge in [0.25, 0.3) is 0 Å². The molecule has 4 aromatic rings. The first-order chi connectivity index (χ1) is 19.2. The number of thiazole rings is 1. The highest BCUT2D eigenvalue weighted by atomic mass is 35.5. The molecule has 3 aliphatic heterocycles. The molecule has 7 rings (SSSR count). The largest absolute Gasteiger partial charge is 0.744 e. The van der Waals surface area contributed by atoms with Gasteiger partial charge >= 0.3 is 5.01 Å². The normalized spacial score (nSPS) is 17.0. The van der Waals surface area contributed by atoms with E-state index in [1.54, 1.807) is 42.2 Å². The summed E-state index contributed by atoms with van der Waals surface area (Å²) in [4.78, 5) is 3.34. The molecule has 4 heterocycles. The van der Waals surface area contributed by atoms with Gasteiger partial charge in [-0.3, -0.25) is 0 Å². The lowest BCUT2D eigenvalue weighted by molar-refractivity contribution is -0.677. The lowest BCUT2D eigenvalue weighted by Gasteiger charge is -2.27. The number of halogens is 2. The molecule has 12 heteroatoms. The average Bonchev–Trinajstić information content (AvgIpc) is 3.48. The fraction of sp³-hybridized carbons (Fsp3) is 0.179. The Kier molecular flexibility index (Phi) is 7.49. The van der Waals surface area contributed by atoms with E-state index in [-0.39, 0.29) is 4.90 Å². The number of aromatic nitrogens is 1. The van der Waals surface area contributed by atoms with Crippen LogP contribution in [0.3, 0.4) is 0 Å². The van der Waals surface area contributed by atoms with Crippen molar-refractivity contribution in [2.45, 2.75) is 23.3 Å². The van der Waals surface area contributed by atoms with Crippen molar-refractivity contribution in [1.82, 2.24) is 0 Å². The van der Waals surface area contributed by atoms with Crippen molar-refractivity contribution < 1.29 is 27.0 Å². The molecule has 7 nitrogen and oxygen atoms in total. The van der Waals surface area contributed by atoms with Crippen LogP contribution >= 0.6 is 46.3 Å². The minimum atomic E-state index is -4.28. The molecule has 40 heavy (non-hydrogen) atoms. The van der Waals surface area contributed by atoms with E-state index in [1.807, 2.05) is 30.3 Å². The minimum Gasteiger partial charge on any atom is -0.744 e. The predicted molar refractivity (Wildman–Crippen MR) is 158 cm³/mol. The topological polar surface area (TPSA) is 82.8 Å². The molecule has 206 valence electrons. The number of ether oxygens (including phenoxy) is 2. The van der Waals surface area contributed by atoms with Crippen LogP contribution in [-0.2, 0) is 26.1 Å². The third-order valence-electron chi connectivity index (χ3n) is 6.52. The summed E-state index contributed by atoms with van der Waals surface area (Å²) >= 11 is 15.9. The van der Waals surface area contributed by atoms with Crippen molar-refractivity contribution in [3.05, 3.63) is 98.1 Å². The smallest absolute Gasteiger partial charge is 0.305 e. The number of aryl methyl sites for hydroxylation is 1. The van der Waals surface area contributed by atoms with E-state index in [2.05, 4.69) is 21.6 Å². The van der Waals surface area contributed by atoms with Gasteiger partial charge in [-0.1, -0.05) is 64.5 Å². The summed E-state index contributed by atoms with van der Waals surface area (Å²) in [5.41, 5.74) is 2.78. The Morgan fingerprint density at radius 1 is 1.02 bits per heavy atom. The zero-order valence-corrected chi connectivity index (χ0v) is 25.1. The highest BCUT2D eigenvalue weighted by Gasteiger charge is 2.34. The standard InChI is InChI=1S/C21H15Cl2N2O2S2.C7H8O3S/c22-12-1-3-18-14(9-12)24-5-7-26-16(20(24)28-18)11-17-21-25(6-8-27-17)15-10-13(23)2-4-19(15)29-21;1-6-4-2-3-5-7(6)11(8,9)10/h1-4,9-11H,5-8H2;2-5H,1H3,(H,8,9,10)/q+1;/p-1. The number of hydrogen-bond donors (Lipinski definition) is 0. The van der Waals surface area contributed by atoms with Crippen LogP contribution in [0.5, 0.6) is 0 Å². The molecule has 0 saturated heterocycles. The lowest BCUT2D eigenvalue weighted by atomic mass is 10.2. The van der Waals surface area contributed by atoms with Crippen LogP contribution in [0.25, 0.3) is 16.0 Å². The first kappa shape index (κ1) is 27.4. The molecule has 3 aliphatic rings. The van der Waals surface area contributed by atoms with Gasteiger partial charge in [-0.15, -0.1) is 0 Å². The molecule has 0 unspecified atom stereocenters. The molecular weight excluding hydrogens is 611 g/mol. The molecule has 3 aromatic carbocycles. The van der Waals surface area contributed by atoms with Gasteiger partial charge in [0.15, 0.2) is 12.3 Å². The van der Waals surface area contributed by atoms with Crippen molar-refractivity contribution in [3.8, 4) is 0 Å². The second-order valence-corrected chi connectivity index (χ2v) is 13.4. The number of hydrogen-bond acceptors (Lipinski definition) is 8. The summed E-state index contributed by atoms with van der Waals surface area (Å²) in [7, 11) is -4.28. The number of rotatable bonds is 2. The van der Waals surface area contributed by atoms with Crippen LogP contribution in [0.2, 0.25) is 10.0 Å². The van der Waals surface area contributed by atoms with Crippen LogP contribution in [0, 0.1) is 6.92 Å². The Morgan fingerprint density at radius 2 is 1.80 bits per heavy atom. The fourth-order valence-corrected chi connectivity index (χ4v) is 8.02. The summed E-state index contributed by atoms with van der Waals surface area (Å²) in [5.74, 6) is 1.68. The van der Waals surface area contributed by atoms with Crippen molar-refractivity contribution in [1.29, 1.82) is 0 Å². The Labute approximate surface area is 250 Å². The fourth-order valence-electron chi connectivity index (χ4n) is 4.70. The number of benzene rings is 3. The van der Waals surface area contributed by atoms with E-state index in [4.69, 9.17) is 32.7 Å². The van der Waals surface area contributed by atoms with E-state index in [0.29, 0.717) is 18.8 Å². The Balaban J connectivity index is 0.000000223. The van der Waals surface area contributed by atoms with Crippen LogP contribution in [0.1, 0.15) is 10.6 Å². The van der Waals surface area contributed by atoms with E-state index >= 15 is 0 Å². The molecule has 0 bridgehead atoms. The zero-order chi connectivity index (χ0) is 28.0. The number of fused-ring (bicyclic) bond motifs is 6. The van der Waals surface area contributed by atoms with Crippen LogP contribution in [0.4, 0.5) is 5.69 Å². The van der Waals surface area contributed by atoms with Gasteiger partial charge in [0.1, 0.15) is 33.1 Å². The first-order valence-corrected chi connectivity index (χ1v) is 16.1. The van der Waals surface area contributed by atoms with Gasteiger partial charge < -0.3 is 18.9 Å². The maximum absolute atomic E-state index is 10.5. The van der Waals surface area contributed by atoms with Crippen LogP contribution < -0.4 is 9.47 Å². The highest BCUT2D eigenvalue weighted by Crippen LogP contribution is 2.49. The molecule has 0 N–H and O–H groups in total. The summed E-state index contributed by atoms with van der Waals surface area (Å²) in [6, 6.07) is 18.1. The van der Waals surface area contributed by atoms with Crippen molar-refractivity contribution in [2.24, 2.45) is 0 Å². The van der Waals surface area contributed by atoms with Crippen molar-refractivity contribution in [3.63, 3.8) is 0 Å². The summed E-state index contributed by atoms with van der Waals surface area (Å²) in [5, 5.41) is 3.67. The molecule has 0 spiro atoms. The van der Waals surface area contributed by atoms with Gasteiger partial charge in [-0.2, -0.15) is 4.57 Å². The third kappa shape index (κ3) is 5.32. The number of allylic oxidation sites excluding steroid dienone is 1. The summed E-state index contributed by atoms with van der Waals surface area (Å²) < 4.78 is 47.1. The molecule has 1 aromatic heterocycles. The maximum Gasteiger partial charge on any atom is 0.305 e. The SMILES string of the molecule is Cc1ccccc1S(=O)(=O)[O-].Clc1ccc2c(c1)N1CCOC(C=C3OCC[n+]4c3sc3ccc(Cl)cc34)=C1S2. The quantitative estimate of drug-likeness (QED) is 0.182. The monoisotopic (exact) mass is 632 g/mol. The van der Waals surface area contributed by atoms with E-state index in [9.17, 15) is 13.0 Å². The number of thioether (sulfide) groups is 1. The van der Waals surface area contributed by atoms with Crippen molar-refractivity contribution >= 4 is 78.1 Å². The molecule has 0 aliphatic carbocycles. The van der Waals surface area contributed by atoms with Gasteiger partial charge in [-0.25, -0.2) is 8.42 Å². The van der Waals surface area contributed by atoms with E-state index in [1.165, 1.54) is 21.7 Å². The number of nitrogens with zero attached hydrogens (tertiary/aromatic N) is 2. The molecule has 0 saturated carbocycles. The van der Waals surface area contributed by atoms with Crippen LogP contribution in [-0.4, -0.2) is 32.7 Å². The molecule has 0 amide bonds. The molecule has 0 radical (unpaired) electrons. The summed E-state index contributed by atoms with van der Waals surface area (Å²) in [6.07, 6.45) is 2.03. The van der Waals surface area contributed by atoms with Gasteiger partial charge in [0.05, 0.1) is 17.1 Å². The van der Waals surface area contributed by atoms with E-state index < -0.39 is 10.1 Å². The third-order valence-corrected chi connectivity index (χ3v) is 10.3. The predicted octanol–water partition coefficient (Wildman–Crippen LogP) is 6.58. The summed E-state index contributed by atoms with van der Waals surface area (Å²) in [6.45, 7) is 4.45. The zero-order valence-electron chi connectivity index (χ0n) is 21.1. The van der Waals surface area contributed by atoms with E-state index in [0.717, 1.165) is 55.9 Å². The molecule has 0 fully saturated rings. The molecule has 0 atom stereocenters. The molecular formula is C28H22Cl2N2O5S3. The second kappa shape index (κ2) is 10.9. The average molecular weight is 634 g/mol. The first-order valence-electron chi connectivity index (χ1n) is 12.3. The minimum absolute atomic E-state index is 0.139. The van der Waals surface area contributed by atoms with Crippen molar-refractivity contribution in [2.75, 3.05) is 24.7 Å². The Bertz CT molecular complexity index is 1820. The Morgan fingerprint density at radius 3 is 2.58 bits per heavy atom. The van der Waals surface area contributed by atoms with Gasteiger partial charge in [-0.05, 0) is 48.9 Å².